The average molecular weight is 648 g/mol. The lowest BCUT2D eigenvalue weighted by atomic mass is 10.3. The van der Waals surface area contributed by atoms with Crippen LogP contribution in [0, 0.1) is 0 Å². The molecule has 196 valence electrons. The maximum Gasteiger partial charge on any atom is 0.451 e. The number of imidazole rings is 1. The predicted octanol–water partition coefficient (Wildman–Crippen LogP) is 3.92. The zero-order valence-corrected chi connectivity index (χ0v) is 22.5. The third-order valence-corrected chi connectivity index (χ3v) is 5.77. The number of aromatic nitrogens is 5. The van der Waals surface area contributed by atoms with Crippen LogP contribution in [-0.2, 0) is 20.1 Å². The number of nitrogens with zero attached hydrogens (tertiary/aromatic N) is 5. The average Bonchev–Trinajstić information content (AvgIpc) is 3.16. The molecule has 0 aliphatic carbocycles. The van der Waals surface area contributed by atoms with Gasteiger partial charge in [-0.1, -0.05) is 17.7 Å². The SMILES string of the molecule is CC(O)CCn1c(=O)c2c(nc(Oc3cccc(OC(F)(F)I)c3)n2Cc2ccc(Cl)cn2)n(C)c1=O. The number of halogens is 4. The first kappa shape index (κ1) is 27.0. The number of aliphatic hydroxyl groups is 1. The summed E-state index contributed by atoms with van der Waals surface area (Å²) < 4.78 is 37.4. The molecule has 14 heteroatoms. The summed E-state index contributed by atoms with van der Waals surface area (Å²) in [7, 11) is 1.46. The van der Waals surface area contributed by atoms with Gasteiger partial charge in [-0.25, -0.2) is 4.79 Å². The van der Waals surface area contributed by atoms with Crippen LogP contribution in [0.15, 0.2) is 52.2 Å². The van der Waals surface area contributed by atoms with Crippen molar-refractivity contribution >= 4 is 45.4 Å². The minimum atomic E-state index is -3.43. The molecule has 0 aliphatic heterocycles. The zero-order valence-electron chi connectivity index (χ0n) is 19.6. The van der Waals surface area contributed by atoms with Crippen molar-refractivity contribution in [1.29, 1.82) is 0 Å². The van der Waals surface area contributed by atoms with Crippen molar-refractivity contribution in [2.45, 2.75) is 36.7 Å². The van der Waals surface area contributed by atoms with Crippen LogP contribution in [0.2, 0.25) is 5.02 Å². The van der Waals surface area contributed by atoms with Gasteiger partial charge in [-0.05, 0) is 37.6 Å². The van der Waals surface area contributed by atoms with E-state index in [0.29, 0.717) is 10.7 Å². The Hall–Kier alpha value is -3.04. The smallest absolute Gasteiger partial charge is 0.425 e. The number of rotatable bonds is 9. The second-order valence-electron chi connectivity index (χ2n) is 8.18. The summed E-state index contributed by atoms with van der Waals surface area (Å²) in [6.45, 7) is 1.57. The highest BCUT2D eigenvalue weighted by Gasteiger charge is 2.27. The van der Waals surface area contributed by atoms with Gasteiger partial charge < -0.3 is 14.6 Å². The molecule has 4 aromatic rings. The van der Waals surface area contributed by atoms with Crippen molar-refractivity contribution in [3.63, 3.8) is 0 Å². The highest BCUT2D eigenvalue weighted by atomic mass is 127. The van der Waals surface area contributed by atoms with Crippen LogP contribution in [0.5, 0.6) is 17.5 Å². The van der Waals surface area contributed by atoms with E-state index < -0.39 is 21.5 Å². The highest BCUT2D eigenvalue weighted by Crippen LogP contribution is 2.32. The van der Waals surface area contributed by atoms with E-state index in [0.717, 1.165) is 27.2 Å². The van der Waals surface area contributed by atoms with E-state index in [1.165, 1.54) is 46.6 Å². The van der Waals surface area contributed by atoms with Crippen molar-refractivity contribution < 1.29 is 23.4 Å². The second kappa shape index (κ2) is 10.8. The third kappa shape index (κ3) is 6.27. The van der Waals surface area contributed by atoms with E-state index in [2.05, 4.69) is 14.7 Å². The van der Waals surface area contributed by atoms with Crippen LogP contribution in [0.25, 0.3) is 11.2 Å². The van der Waals surface area contributed by atoms with E-state index in [1.807, 2.05) is 0 Å². The number of aliphatic hydroxyl groups excluding tert-OH is 1. The van der Waals surface area contributed by atoms with Crippen LogP contribution in [-0.4, -0.2) is 39.0 Å². The minimum Gasteiger partial charge on any atom is -0.425 e. The Morgan fingerprint density at radius 1 is 1.19 bits per heavy atom. The fourth-order valence-corrected chi connectivity index (χ4v) is 3.96. The number of hydrogen-bond acceptors (Lipinski definition) is 7. The van der Waals surface area contributed by atoms with Gasteiger partial charge in [0, 0.05) is 25.9 Å². The number of fused-ring (bicyclic) bond motifs is 1. The number of hydrogen-bond donors (Lipinski definition) is 1. The lowest BCUT2D eigenvalue weighted by Crippen LogP contribution is -2.40. The van der Waals surface area contributed by atoms with Gasteiger partial charge in [0.2, 0.25) is 0 Å². The molecule has 0 aliphatic rings. The second-order valence-corrected chi connectivity index (χ2v) is 9.87. The van der Waals surface area contributed by atoms with Gasteiger partial charge in [-0.3, -0.25) is 23.5 Å². The van der Waals surface area contributed by atoms with Gasteiger partial charge in [0.25, 0.3) is 5.56 Å². The largest absolute Gasteiger partial charge is 0.451 e. The summed E-state index contributed by atoms with van der Waals surface area (Å²) >= 11 is 6.80. The molecular formula is C23H21ClF2IN5O5. The first-order valence-electron chi connectivity index (χ1n) is 10.9. The van der Waals surface area contributed by atoms with Crippen molar-refractivity contribution in [1.82, 2.24) is 23.7 Å². The first-order chi connectivity index (χ1) is 17.4. The molecule has 0 spiro atoms. The standard InChI is InChI=1S/C23H21ClF2IN5O5/c1-13(33)8-9-31-20(34)18-19(30(2)22(31)35)29-21(32(18)12-15-7-6-14(24)11-28-15)36-16-4-3-5-17(10-16)37-23(25,26)27/h3-7,10-11,13,33H,8-9,12H2,1-2H3. The molecule has 37 heavy (non-hydrogen) atoms. The summed E-state index contributed by atoms with van der Waals surface area (Å²) in [5.41, 5.74) is -0.613. The normalized spacial score (nSPS) is 12.6. The van der Waals surface area contributed by atoms with Crippen molar-refractivity contribution in [3.05, 3.63) is 74.1 Å². The minimum absolute atomic E-state index is 0.0103. The van der Waals surface area contributed by atoms with Gasteiger partial charge in [0.1, 0.15) is 11.5 Å². The van der Waals surface area contributed by atoms with Gasteiger partial charge in [-0.15, -0.1) is 0 Å². The van der Waals surface area contributed by atoms with E-state index in [-0.39, 0.29) is 48.2 Å². The molecule has 1 aromatic carbocycles. The van der Waals surface area contributed by atoms with Gasteiger partial charge in [0.15, 0.2) is 11.2 Å². The quantitative estimate of drug-likeness (QED) is 0.217. The fraction of sp³-hybridized carbons (Fsp3) is 0.304. The summed E-state index contributed by atoms with van der Waals surface area (Å²) in [6, 6.07) is 8.75. The monoisotopic (exact) mass is 647 g/mol. The number of pyridine rings is 1. The topological polar surface area (TPSA) is 113 Å². The summed E-state index contributed by atoms with van der Waals surface area (Å²) in [6.07, 6.45) is 0.905. The molecule has 0 saturated heterocycles. The van der Waals surface area contributed by atoms with Gasteiger partial charge >= 0.3 is 15.8 Å². The molecule has 0 radical (unpaired) electrons. The number of ether oxygens (including phenoxy) is 2. The van der Waals surface area contributed by atoms with Crippen LogP contribution < -0.4 is 20.7 Å². The van der Waals surface area contributed by atoms with Crippen LogP contribution in [0.4, 0.5) is 8.78 Å². The molecular weight excluding hydrogens is 627 g/mol. The molecule has 1 unspecified atom stereocenters. The van der Waals surface area contributed by atoms with Gasteiger partial charge in [-0.2, -0.15) is 13.8 Å². The summed E-state index contributed by atoms with van der Waals surface area (Å²) in [5.74, 6) is -0.0370. The van der Waals surface area contributed by atoms with Crippen LogP contribution in [0.3, 0.4) is 0 Å². The number of aryl methyl sites for hydroxylation is 1. The van der Waals surface area contributed by atoms with Crippen molar-refractivity contribution in [3.8, 4) is 17.5 Å². The summed E-state index contributed by atoms with van der Waals surface area (Å²) in [5, 5.41) is 10.1. The molecule has 0 bridgehead atoms. The Labute approximate surface area is 227 Å². The predicted molar refractivity (Wildman–Crippen MR) is 140 cm³/mol. The maximum atomic E-state index is 13.5. The lowest BCUT2D eigenvalue weighted by molar-refractivity contribution is -0.0692. The molecule has 3 heterocycles. The van der Waals surface area contributed by atoms with Crippen LogP contribution >= 0.6 is 34.2 Å². The molecule has 0 saturated carbocycles. The number of alkyl halides is 3. The third-order valence-electron chi connectivity index (χ3n) is 5.32. The Kier molecular flexibility index (Phi) is 7.85. The van der Waals surface area contributed by atoms with Crippen molar-refractivity contribution in [2.24, 2.45) is 7.05 Å². The molecule has 1 N–H and O–H groups in total. The molecule has 1 atom stereocenters. The molecule has 0 amide bonds. The molecule has 0 fully saturated rings. The zero-order chi connectivity index (χ0) is 26.9. The van der Waals surface area contributed by atoms with Crippen molar-refractivity contribution in [2.75, 3.05) is 0 Å². The lowest BCUT2D eigenvalue weighted by Gasteiger charge is -2.13. The molecule has 10 nitrogen and oxygen atoms in total. The maximum absolute atomic E-state index is 13.5. The Morgan fingerprint density at radius 3 is 2.57 bits per heavy atom. The highest BCUT2D eigenvalue weighted by molar-refractivity contribution is 14.1. The van der Waals surface area contributed by atoms with Crippen LogP contribution in [0.1, 0.15) is 19.0 Å². The van der Waals surface area contributed by atoms with E-state index >= 15 is 0 Å². The van der Waals surface area contributed by atoms with E-state index in [1.54, 1.807) is 19.1 Å². The van der Waals surface area contributed by atoms with E-state index in [4.69, 9.17) is 16.3 Å². The van der Waals surface area contributed by atoms with E-state index in [9.17, 15) is 23.5 Å². The first-order valence-corrected chi connectivity index (χ1v) is 12.4. The Balaban J connectivity index is 1.87. The number of benzene rings is 1. The fourth-order valence-electron chi connectivity index (χ4n) is 3.59. The Bertz CT molecular complexity index is 1550. The van der Waals surface area contributed by atoms with Gasteiger partial charge in [0.05, 0.1) is 46.0 Å². The Morgan fingerprint density at radius 2 is 1.92 bits per heavy atom. The summed E-state index contributed by atoms with van der Waals surface area (Å²) in [4.78, 5) is 35.0. The molecule has 3 aromatic heterocycles. The molecule has 4 rings (SSSR count).